The molecule has 3 heteroatoms. The van der Waals surface area contributed by atoms with Crippen molar-refractivity contribution in [2.45, 2.75) is 40.2 Å². The molecule has 0 saturated heterocycles. The van der Waals surface area contributed by atoms with Crippen molar-refractivity contribution in [2.75, 3.05) is 10.6 Å². The average Bonchev–Trinajstić information content (AvgIpc) is 2.50. The lowest BCUT2D eigenvalue weighted by atomic mass is 10.1. The van der Waals surface area contributed by atoms with Crippen LogP contribution in [0.3, 0.4) is 0 Å². The van der Waals surface area contributed by atoms with Crippen molar-refractivity contribution in [3.05, 3.63) is 59.2 Å². The first-order valence-corrected chi connectivity index (χ1v) is 7.73. The Labute approximate surface area is 132 Å². The van der Waals surface area contributed by atoms with E-state index in [0.717, 1.165) is 23.4 Å². The van der Waals surface area contributed by atoms with Gasteiger partial charge in [0.25, 0.3) is 0 Å². The van der Waals surface area contributed by atoms with E-state index < -0.39 is 0 Å². The predicted octanol–water partition coefficient (Wildman–Crippen LogP) is 4.30. The maximum atomic E-state index is 12.3. The quantitative estimate of drug-likeness (QED) is 0.863. The van der Waals surface area contributed by atoms with Crippen LogP contribution in [0, 0.1) is 13.8 Å². The second kappa shape index (κ2) is 7.12. The molecule has 0 aromatic heterocycles. The second-order valence-electron chi connectivity index (χ2n) is 5.72. The van der Waals surface area contributed by atoms with Crippen LogP contribution >= 0.6 is 0 Å². The first-order valence-electron chi connectivity index (χ1n) is 7.73. The van der Waals surface area contributed by atoms with E-state index in [1.54, 1.807) is 0 Å². The molecular formula is C19H24N2O. The zero-order chi connectivity index (χ0) is 16.1. The van der Waals surface area contributed by atoms with Crippen LogP contribution in [-0.4, -0.2) is 11.9 Å². The Morgan fingerprint density at radius 3 is 2.36 bits per heavy atom. The van der Waals surface area contributed by atoms with E-state index in [4.69, 9.17) is 0 Å². The van der Waals surface area contributed by atoms with Crippen molar-refractivity contribution in [2.24, 2.45) is 0 Å². The third kappa shape index (κ3) is 4.10. The summed E-state index contributed by atoms with van der Waals surface area (Å²) in [6, 6.07) is 13.9. The number of rotatable bonds is 5. The SMILES string of the molecule is CCc1ccc(NC(C)C(=O)Nc2ccc(C)cc2C)cc1. The summed E-state index contributed by atoms with van der Waals surface area (Å²) in [5.41, 5.74) is 5.38. The number of nitrogens with one attached hydrogen (secondary N) is 2. The molecule has 0 aliphatic heterocycles. The van der Waals surface area contributed by atoms with Gasteiger partial charge in [0.05, 0.1) is 0 Å². The fourth-order valence-electron chi connectivity index (χ4n) is 2.35. The van der Waals surface area contributed by atoms with E-state index in [1.165, 1.54) is 11.1 Å². The molecule has 0 fully saturated rings. The Balaban J connectivity index is 1.99. The van der Waals surface area contributed by atoms with Crippen LogP contribution in [0.25, 0.3) is 0 Å². The van der Waals surface area contributed by atoms with Gasteiger partial charge in [-0.3, -0.25) is 4.79 Å². The molecule has 0 saturated carbocycles. The Bertz CT molecular complexity index is 647. The summed E-state index contributed by atoms with van der Waals surface area (Å²) in [6.07, 6.45) is 1.02. The number of amides is 1. The van der Waals surface area contributed by atoms with E-state index >= 15 is 0 Å². The summed E-state index contributed by atoms with van der Waals surface area (Å²) in [5.74, 6) is -0.0356. The number of benzene rings is 2. The molecule has 1 atom stereocenters. The molecule has 1 unspecified atom stereocenters. The molecule has 0 radical (unpaired) electrons. The van der Waals surface area contributed by atoms with Gasteiger partial charge in [0.15, 0.2) is 0 Å². The number of hydrogen-bond acceptors (Lipinski definition) is 2. The summed E-state index contributed by atoms with van der Waals surface area (Å²) in [6.45, 7) is 8.04. The fourth-order valence-corrected chi connectivity index (χ4v) is 2.35. The van der Waals surface area contributed by atoms with Gasteiger partial charge in [0.1, 0.15) is 6.04 Å². The van der Waals surface area contributed by atoms with Crippen molar-refractivity contribution >= 4 is 17.3 Å². The topological polar surface area (TPSA) is 41.1 Å². The molecule has 0 aliphatic rings. The zero-order valence-electron chi connectivity index (χ0n) is 13.7. The van der Waals surface area contributed by atoms with Gasteiger partial charge in [0.2, 0.25) is 5.91 Å². The van der Waals surface area contributed by atoms with E-state index in [-0.39, 0.29) is 11.9 Å². The molecular weight excluding hydrogens is 272 g/mol. The molecule has 1 amide bonds. The van der Waals surface area contributed by atoms with Crippen molar-refractivity contribution < 1.29 is 4.79 Å². The Hall–Kier alpha value is -2.29. The van der Waals surface area contributed by atoms with Gasteiger partial charge < -0.3 is 10.6 Å². The van der Waals surface area contributed by atoms with Crippen molar-refractivity contribution in [1.82, 2.24) is 0 Å². The fraction of sp³-hybridized carbons (Fsp3) is 0.316. The average molecular weight is 296 g/mol. The van der Waals surface area contributed by atoms with Crippen LogP contribution in [0.4, 0.5) is 11.4 Å². The smallest absolute Gasteiger partial charge is 0.246 e. The van der Waals surface area contributed by atoms with E-state index in [2.05, 4.69) is 35.8 Å². The normalized spacial score (nSPS) is 11.8. The number of anilines is 2. The van der Waals surface area contributed by atoms with Gasteiger partial charge in [-0.25, -0.2) is 0 Å². The van der Waals surface area contributed by atoms with Crippen molar-refractivity contribution in [1.29, 1.82) is 0 Å². The number of carbonyl (C=O) groups excluding carboxylic acids is 1. The Kier molecular flexibility index (Phi) is 5.21. The van der Waals surface area contributed by atoms with Crippen LogP contribution in [0.5, 0.6) is 0 Å². The third-order valence-corrected chi connectivity index (χ3v) is 3.78. The molecule has 0 bridgehead atoms. The van der Waals surface area contributed by atoms with Gasteiger partial charge >= 0.3 is 0 Å². The van der Waals surface area contributed by atoms with Crippen molar-refractivity contribution in [3.8, 4) is 0 Å². The van der Waals surface area contributed by atoms with Crippen LogP contribution in [-0.2, 0) is 11.2 Å². The maximum Gasteiger partial charge on any atom is 0.246 e. The standard InChI is InChI=1S/C19H24N2O/c1-5-16-7-9-17(10-8-16)20-15(4)19(22)21-18-11-6-13(2)12-14(18)3/h6-12,15,20H,5H2,1-4H3,(H,21,22). The molecule has 0 heterocycles. The van der Waals surface area contributed by atoms with Gasteiger partial charge in [-0.2, -0.15) is 0 Å². The monoisotopic (exact) mass is 296 g/mol. The molecule has 22 heavy (non-hydrogen) atoms. The number of hydrogen-bond donors (Lipinski definition) is 2. The van der Waals surface area contributed by atoms with Gasteiger partial charge in [-0.15, -0.1) is 0 Å². The molecule has 2 aromatic carbocycles. The summed E-state index contributed by atoms with van der Waals surface area (Å²) in [4.78, 5) is 12.3. The molecule has 3 nitrogen and oxygen atoms in total. The molecule has 116 valence electrons. The van der Waals surface area contributed by atoms with Gasteiger partial charge in [0, 0.05) is 11.4 Å². The third-order valence-electron chi connectivity index (χ3n) is 3.78. The largest absolute Gasteiger partial charge is 0.374 e. The molecule has 2 aromatic rings. The lowest BCUT2D eigenvalue weighted by Gasteiger charge is -2.16. The lowest BCUT2D eigenvalue weighted by Crippen LogP contribution is -2.32. The molecule has 0 spiro atoms. The Morgan fingerprint density at radius 1 is 1.09 bits per heavy atom. The molecule has 2 rings (SSSR count). The van der Waals surface area contributed by atoms with E-state index in [1.807, 2.05) is 45.0 Å². The first-order chi connectivity index (χ1) is 10.5. The van der Waals surface area contributed by atoms with Crippen LogP contribution < -0.4 is 10.6 Å². The highest BCUT2D eigenvalue weighted by molar-refractivity contribution is 5.96. The second-order valence-corrected chi connectivity index (χ2v) is 5.72. The minimum absolute atomic E-state index is 0.0356. The van der Waals surface area contributed by atoms with Crippen molar-refractivity contribution in [3.63, 3.8) is 0 Å². The van der Waals surface area contributed by atoms with Crippen LogP contribution in [0.15, 0.2) is 42.5 Å². The summed E-state index contributed by atoms with van der Waals surface area (Å²) < 4.78 is 0. The number of carbonyl (C=O) groups is 1. The van der Waals surface area contributed by atoms with Crippen LogP contribution in [0.1, 0.15) is 30.5 Å². The number of aryl methyl sites for hydroxylation is 3. The zero-order valence-corrected chi connectivity index (χ0v) is 13.7. The highest BCUT2D eigenvalue weighted by Crippen LogP contribution is 2.17. The minimum atomic E-state index is -0.298. The molecule has 2 N–H and O–H groups in total. The van der Waals surface area contributed by atoms with Gasteiger partial charge in [-0.1, -0.05) is 36.8 Å². The van der Waals surface area contributed by atoms with Gasteiger partial charge in [-0.05, 0) is 56.5 Å². The minimum Gasteiger partial charge on any atom is -0.374 e. The van der Waals surface area contributed by atoms with Crippen LogP contribution in [0.2, 0.25) is 0 Å². The maximum absolute atomic E-state index is 12.3. The highest BCUT2D eigenvalue weighted by atomic mass is 16.2. The highest BCUT2D eigenvalue weighted by Gasteiger charge is 2.13. The summed E-state index contributed by atoms with van der Waals surface area (Å²) in [7, 11) is 0. The first kappa shape index (κ1) is 16.1. The summed E-state index contributed by atoms with van der Waals surface area (Å²) >= 11 is 0. The predicted molar refractivity (Wildman–Crippen MR) is 93.5 cm³/mol. The Morgan fingerprint density at radius 2 is 1.77 bits per heavy atom. The summed E-state index contributed by atoms with van der Waals surface area (Å²) in [5, 5.41) is 6.21. The lowest BCUT2D eigenvalue weighted by molar-refractivity contribution is -0.116. The van der Waals surface area contributed by atoms with E-state index in [9.17, 15) is 4.79 Å². The van der Waals surface area contributed by atoms with E-state index in [0.29, 0.717) is 0 Å². The molecule has 0 aliphatic carbocycles.